The number of halogens is 2. The van der Waals surface area contributed by atoms with E-state index in [-0.39, 0.29) is 5.75 Å². The van der Waals surface area contributed by atoms with Gasteiger partial charge in [-0.2, -0.15) is 0 Å². The average molecular weight is 317 g/mol. The number of amides is 1. The van der Waals surface area contributed by atoms with Gasteiger partial charge in [0.1, 0.15) is 5.82 Å². The maximum absolute atomic E-state index is 13.7. The molecule has 0 heterocycles. The second kappa shape index (κ2) is 7.54. The Labute approximate surface area is 133 Å². The van der Waals surface area contributed by atoms with Crippen LogP contribution in [-0.2, 0) is 4.79 Å². The van der Waals surface area contributed by atoms with E-state index in [1.54, 1.807) is 31.2 Å². The summed E-state index contributed by atoms with van der Waals surface area (Å²) in [4.78, 5) is 11.9. The number of ether oxygens (including phenoxy) is 1. The zero-order valence-electron chi connectivity index (χ0n) is 12.8. The minimum absolute atomic E-state index is 0.145. The lowest BCUT2D eigenvalue weighted by atomic mass is 10.1. The van der Waals surface area contributed by atoms with Crippen molar-refractivity contribution in [3.8, 4) is 5.75 Å². The summed E-state index contributed by atoms with van der Waals surface area (Å²) in [7, 11) is 1.39. The maximum Gasteiger partial charge on any atom is 0.244 e. The Balaban J connectivity index is 2.02. The van der Waals surface area contributed by atoms with Crippen LogP contribution in [0.3, 0.4) is 0 Å². The Bertz CT molecular complexity index is 729. The lowest BCUT2D eigenvalue weighted by Crippen LogP contribution is -2.24. The Morgan fingerprint density at radius 1 is 1.17 bits per heavy atom. The largest absolute Gasteiger partial charge is 0.494 e. The van der Waals surface area contributed by atoms with E-state index in [2.05, 4.69) is 5.32 Å². The monoisotopic (exact) mass is 317 g/mol. The predicted octanol–water partition coefficient (Wildman–Crippen LogP) is 3.86. The summed E-state index contributed by atoms with van der Waals surface area (Å²) < 4.78 is 32.0. The van der Waals surface area contributed by atoms with Crippen LogP contribution in [0.15, 0.2) is 48.5 Å². The fourth-order valence-electron chi connectivity index (χ4n) is 2.07. The number of methoxy groups -OCH3 is 1. The van der Waals surface area contributed by atoms with E-state index in [9.17, 15) is 13.6 Å². The number of hydrogen-bond donors (Lipinski definition) is 1. The highest BCUT2D eigenvalue weighted by Gasteiger charge is 2.11. The van der Waals surface area contributed by atoms with Gasteiger partial charge >= 0.3 is 0 Å². The van der Waals surface area contributed by atoms with Crippen molar-refractivity contribution >= 4 is 12.0 Å². The fourth-order valence-corrected chi connectivity index (χ4v) is 2.07. The molecule has 0 spiro atoms. The SMILES string of the molecule is COc1ccc(C(C)NC(=O)/C=C/c2ccccc2F)cc1F. The van der Waals surface area contributed by atoms with Gasteiger partial charge in [-0.1, -0.05) is 24.3 Å². The maximum atomic E-state index is 13.7. The standard InChI is InChI=1S/C18H17F2NO2/c1-12(14-7-9-17(23-2)16(20)11-14)21-18(22)10-8-13-5-3-4-6-15(13)19/h3-12H,1-2H3,(H,21,22)/b10-8+. The molecule has 0 aliphatic carbocycles. The van der Waals surface area contributed by atoms with Crippen LogP contribution < -0.4 is 10.1 Å². The van der Waals surface area contributed by atoms with E-state index in [4.69, 9.17) is 4.74 Å². The van der Waals surface area contributed by atoms with Gasteiger partial charge < -0.3 is 10.1 Å². The van der Waals surface area contributed by atoms with Crippen molar-refractivity contribution in [3.63, 3.8) is 0 Å². The number of hydrogen-bond acceptors (Lipinski definition) is 2. The molecule has 3 nitrogen and oxygen atoms in total. The molecule has 0 bridgehead atoms. The normalized spacial score (nSPS) is 12.2. The number of nitrogens with one attached hydrogen (secondary N) is 1. The highest BCUT2D eigenvalue weighted by atomic mass is 19.1. The highest BCUT2D eigenvalue weighted by Crippen LogP contribution is 2.21. The first kappa shape index (κ1) is 16.7. The van der Waals surface area contributed by atoms with Crippen LogP contribution >= 0.6 is 0 Å². The Morgan fingerprint density at radius 3 is 2.57 bits per heavy atom. The van der Waals surface area contributed by atoms with Gasteiger partial charge in [0, 0.05) is 11.6 Å². The first-order valence-corrected chi connectivity index (χ1v) is 7.08. The van der Waals surface area contributed by atoms with Crippen LogP contribution in [0.1, 0.15) is 24.1 Å². The smallest absolute Gasteiger partial charge is 0.244 e. The van der Waals surface area contributed by atoms with Crippen molar-refractivity contribution in [1.82, 2.24) is 5.32 Å². The minimum atomic E-state index is -0.493. The van der Waals surface area contributed by atoms with Crippen LogP contribution in [0.5, 0.6) is 5.75 Å². The van der Waals surface area contributed by atoms with Crippen molar-refractivity contribution in [3.05, 3.63) is 71.3 Å². The molecule has 0 saturated carbocycles. The summed E-state index contributed by atoms with van der Waals surface area (Å²) in [6.07, 6.45) is 2.64. The fraction of sp³-hybridized carbons (Fsp3) is 0.167. The molecule has 1 unspecified atom stereocenters. The van der Waals surface area contributed by atoms with Gasteiger partial charge in [0.2, 0.25) is 5.91 Å². The molecule has 0 saturated heterocycles. The van der Waals surface area contributed by atoms with Crippen LogP contribution in [-0.4, -0.2) is 13.0 Å². The van der Waals surface area contributed by atoms with Crippen LogP contribution in [0, 0.1) is 11.6 Å². The molecule has 1 N–H and O–H groups in total. The molecule has 2 aromatic rings. The molecule has 0 aromatic heterocycles. The molecular formula is C18H17F2NO2. The lowest BCUT2D eigenvalue weighted by molar-refractivity contribution is -0.117. The van der Waals surface area contributed by atoms with E-state index in [0.29, 0.717) is 11.1 Å². The third-order valence-electron chi connectivity index (χ3n) is 3.35. The molecule has 0 fully saturated rings. The molecule has 120 valence electrons. The van der Waals surface area contributed by atoms with Crippen molar-refractivity contribution in [2.75, 3.05) is 7.11 Å². The topological polar surface area (TPSA) is 38.3 Å². The molecule has 23 heavy (non-hydrogen) atoms. The average Bonchev–Trinajstić information content (AvgIpc) is 2.54. The van der Waals surface area contributed by atoms with Crippen LogP contribution in [0.4, 0.5) is 8.78 Å². The second-order valence-corrected chi connectivity index (χ2v) is 4.98. The third kappa shape index (κ3) is 4.39. The molecule has 0 aliphatic rings. The van der Waals surface area contributed by atoms with Gasteiger partial charge in [-0.15, -0.1) is 0 Å². The molecule has 1 amide bonds. The van der Waals surface area contributed by atoms with E-state index < -0.39 is 23.6 Å². The molecule has 0 aliphatic heterocycles. The summed E-state index contributed by atoms with van der Waals surface area (Å²) in [6.45, 7) is 1.73. The Kier molecular flexibility index (Phi) is 5.46. The number of carbonyl (C=O) groups excluding carboxylic acids is 1. The van der Waals surface area contributed by atoms with Gasteiger partial charge in [-0.05, 0) is 36.8 Å². The van der Waals surface area contributed by atoms with Crippen molar-refractivity contribution < 1.29 is 18.3 Å². The van der Waals surface area contributed by atoms with Gasteiger partial charge in [0.05, 0.1) is 13.2 Å². The lowest BCUT2D eigenvalue weighted by Gasteiger charge is -2.14. The van der Waals surface area contributed by atoms with Crippen molar-refractivity contribution in [2.24, 2.45) is 0 Å². The van der Waals surface area contributed by atoms with Gasteiger partial charge in [-0.3, -0.25) is 4.79 Å². The number of benzene rings is 2. The molecular weight excluding hydrogens is 300 g/mol. The minimum Gasteiger partial charge on any atom is -0.494 e. The quantitative estimate of drug-likeness (QED) is 0.850. The van der Waals surface area contributed by atoms with Crippen LogP contribution in [0.2, 0.25) is 0 Å². The molecule has 2 rings (SSSR count). The van der Waals surface area contributed by atoms with Gasteiger partial charge in [0.15, 0.2) is 11.6 Å². The highest BCUT2D eigenvalue weighted by molar-refractivity contribution is 5.92. The Hall–Kier alpha value is -2.69. The predicted molar refractivity (Wildman–Crippen MR) is 84.9 cm³/mol. The third-order valence-corrected chi connectivity index (χ3v) is 3.35. The number of carbonyl (C=O) groups is 1. The van der Waals surface area contributed by atoms with E-state index >= 15 is 0 Å². The van der Waals surface area contributed by atoms with Gasteiger partial charge in [0.25, 0.3) is 0 Å². The van der Waals surface area contributed by atoms with E-state index in [1.807, 2.05) is 0 Å². The van der Waals surface area contributed by atoms with Crippen LogP contribution in [0.25, 0.3) is 6.08 Å². The zero-order chi connectivity index (χ0) is 16.8. The molecule has 0 radical (unpaired) electrons. The Morgan fingerprint density at radius 2 is 1.91 bits per heavy atom. The molecule has 5 heteroatoms. The van der Waals surface area contributed by atoms with E-state index in [1.165, 1.54) is 37.5 Å². The summed E-state index contributed by atoms with van der Waals surface area (Å²) in [6, 6.07) is 10.2. The van der Waals surface area contributed by atoms with Crippen molar-refractivity contribution in [1.29, 1.82) is 0 Å². The molecule has 2 aromatic carbocycles. The number of rotatable bonds is 5. The first-order valence-electron chi connectivity index (χ1n) is 7.08. The van der Waals surface area contributed by atoms with E-state index in [0.717, 1.165) is 0 Å². The summed E-state index contributed by atoms with van der Waals surface area (Å²) in [5.74, 6) is -1.14. The summed E-state index contributed by atoms with van der Waals surface area (Å²) >= 11 is 0. The molecule has 1 atom stereocenters. The second-order valence-electron chi connectivity index (χ2n) is 4.98. The first-order chi connectivity index (χ1) is 11.0. The summed E-state index contributed by atoms with van der Waals surface area (Å²) in [5.41, 5.74) is 0.932. The summed E-state index contributed by atoms with van der Waals surface area (Å²) in [5, 5.41) is 2.69. The van der Waals surface area contributed by atoms with Crippen molar-refractivity contribution in [2.45, 2.75) is 13.0 Å². The zero-order valence-corrected chi connectivity index (χ0v) is 12.8. The van der Waals surface area contributed by atoms with Gasteiger partial charge in [-0.25, -0.2) is 8.78 Å².